The summed E-state index contributed by atoms with van der Waals surface area (Å²) in [5.41, 5.74) is 0.176. The van der Waals surface area contributed by atoms with Crippen LogP contribution in [0.4, 0.5) is 0 Å². The molecule has 0 aliphatic carbocycles. The van der Waals surface area contributed by atoms with Crippen molar-refractivity contribution in [3.05, 3.63) is 0 Å². The largest absolute Gasteiger partial charge is 0.349 e. The van der Waals surface area contributed by atoms with Crippen molar-refractivity contribution in [2.45, 2.75) is 111 Å². The average molecular weight is 313 g/mol. The molecule has 0 atom stereocenters. The first-order chi connectivity index (χ1) is 10.5. The fourth-order valence-electron chi connectivity index (χ4n) is 3.24. The number of hydrogen-bond acceptors (Lipinski definition) is 2. The van der Waals surface area contributed by atoms with Crippen molar-refractivity contribution in [1.29, 1.82) is 0 Å². The molecule has 0 amide bonds. The van der Waals surface area contributed by atoms with Crippen LogP contribution < -0.4 is 0 Å². The van der Waals surface area contributed by atoms with E-state index in [-0.39, 0.29) is 11.2 Å². The molecule has 1 aliphatic heterocycles. The summed E-state index contributed by atoms with van der Waals surface area (Å²) >= 11 is 0. The van der Waals surface area contributed by atoms with Gasteiger partial charge in [-0.15, -0.1) is 0 Å². The maximum Gasteiger partial charge on any atom is 0.168 e. The first kappa shape index (κ1) is 20.0. The van der Waals surface area contributed by atoms with E-state index in [2.05, 4.69) is 27.7 Å². The first-order valence-corrected chi connectivity index (χ1v) is 9.81. The number of unbranched alkanes of at least 4 members (excludes halogenated alkanes) is 8. The molecule has 1 aliphatic rings. The zero-order valence-electron chi connectivity index (χ0n) is 15.7. The fourth-order valence-corrected chi connectivity index (χ4v) is 3.24. The summed E-state index contributed by atoms with van der Waals surface area (Å²) in [6.07, 6.45) is 15.6. The third-order valence-electron chi connectivity index (χ3n) is 4.74. The van der Waals surface area contributed by atoms with E-state index in [0.717, 1.165) is 32.5 Å². The molecular weight excluding hydrogens is 272 g/mol. The summed E-state index contributed by atoms with van der Waals surface area (Å²) < 4.78 is 12.3. The smallest absolute Gasteiger partial charge is 0.168 e. The van der Waals surface area contributed by atoms with Crippen LogP contribution in [0.15, 0.2) is 0 Å². The molecule has 0 aromatic heterocycles. The monoisotopic (exact) mass is 312 g/mol. The second-order valence-corrected chi connectivity index (χ2v) is 7.98. The Morgan fingerprint density at radius 3 is 1.64 bits per heavy atom. The molecule has 22 heavy (non-hydrogen) atoms. The summed E-state index contributed by atoms with van der Waals surface area (Å²) in [5, 5.41) is 0. The van der Waals surface area contributed by atoms with Gasteiger partial charge < -0.3 is 9.47 Å². The minimum atomic E-state index is -0.272. The fraction of sp³-hybridized carbons (Fsp3) is 1.00. The van der Waals surface area contributed by atoms with Gasteiger partial charge in [-0.1, -0.05) is 85.5 Å². The van der Waals surface area contributed by atoms with Crippen molar-refractivity contribution < 1.29 is 9.47 Å². The van der Waals surface area contributed by atoms with Gasteiger partial charge in [-0.25, -0.2) is 0 Å². The quantitative estimate of drug-likeness (QED) is 0.384. The molecule has 1 saturated heterocycles. The minimum Gasteiger partial charge on any atom is -0.349 e. The topological polar surface area (TPSA) is 18.5 Å². The van der Waals surface area contributed by atoms with Gasteiger partial charge in [0.15, 0.2) is 5.79 Å². The molecule has 0 N–H and O–H groups in total. The van der Waals surface area contributed by atoms with Crippen LogP contribution in [0.1, 0.15) is 105 Å². The van der Waals surface area contributed by atoms with E-state index in [1.165, 1.54) is 57.8 Å². The maximum absolute atomic E-state index is 6.17. The summed E-state index contributed by atoms with van der Waals surface area (Å²) in [6, 6.07) is 0. The van der Waals surface area contributed by atoms with Crippen LogP contribution in [0.3, 0.4) is 0 Å². The van der Waals surface area contributed by atoms with Crippen LogP contribution in [0.2, 0.25) is 0 Å². The van der Waals surface area contributed by atoms with Crippen molar-refractivity contribution in [3.63, 3.8) is 0 Å². The Hall–Kier alpha value is -0.0800. The highest BCUT2D eigenvalue weighted by Crippen LogP contribution is 2.35. The lowest BCUT2D eigenvalue weighted by Crippen LogP contribution is -2.47. The van der Waals surface area contributed by atoms with Crippen molar-refractivity contribution in [2.24, 2.45) is 5.41 Å². The highest BCUT2D eigenvalue weighted by Gasteiger charge is 2.39. The minimum absolute atomic E-state index is 0.176. The van der Waals surface area contributed by atoms with E-state index in [1.807, 2.05) is 0 Å². The second-order valence-electron chi connectivity index (χ2n) is 7.98. The summed E-state index contributed by atoms with van der Waals surface area (Å²) in [4.78, 5) is 0. The van der Waals surface area contributed by atoms with Crippen molar-refractivity contribution in [3.8, 4) is 0 Å². The summed E-state index contributed by atoms with van der Waals surface area (Å²) in [6.45, 7) is 10.6. The SMILES string of the molecule is CCCCCCCCCCCC1(CCC)OCC(C)(C)CO1. The van der Waals surface area contributed by atoms with E-state index in [0.29, 0.717) is 0 Å². The molecule has 0 saturated carbocycles. The molecule has 1 rings (SSSR count). The van der Waals surface area contributed by atoms with E-state index < -0.39 is 0 Å². The van der Waals surface area contributed by atoms with Crippen LogP contribution in [0.25, 0.3) is 0 Å². The first-order valence-electron chi connectivity index (χ1n) is 9.81. The van der Waals surface area contributed by atoms with E-state index in [9.17, 15) is 0 Å². The zero-order valence-corrected chi connectivity index (χ0v) is 15.7. The Balaban J connectivity index is 2.12. The molecule has 0 spiro atoms. The van der Waals surface area contributed by atoms with E-state index >= 15 is 0 Å². The third kappa shape index (κ3) is 7.97. The number of ether oxygens (including phenoxy) is 2. The Bertz CT molecular complexity index is 263. The zero-order chi connectivity index (χ0) is 16.3. The predicted molar refractivity (Wildman–Crippen MR) is 95.2 cm³/mol. The van der Waals surface area contributed by atoms with Crippen LogP contribution >= 0.6 is 0 Å². The van der Waals surface area contributed by atoms with Gasteiger partial charge in [0, 0.05) is 18.3 Å². The van der Waals surface area contributed by atoms with E-state index in [4.69, 9.17) is 9.47 Å². The molecule has 0 aromatic rings. The lowest BCUT2D eigenvalue weighted by molar-refractivity contribution is -0.305. The van der Waals surface area contributed by atoms with Crippen LogP contribution in [0, 0.1) is 5.41 Å². The van der Waals surface area contributed by atoms with Crippen molar-refractivity contribution >= 4 is 0 Å². The Morgan fingerprint density at radius 2 is 1.14 bits per heavy atom. The molecule has 0 bridgehead atoms. The molecule has 132 valence electrons. The highest BCUT2D eigenvalue weighted by atomic mass is 16.7. The van der Waals surface area contributed by atoms with Gasteiger partial charge in [-0.05, 0) is 6.42 Å². The van der Waals surface area contributed by atoms with Crippen LogP contribution in [-0.4, -0.2) is 19.0 Å². The number of rotatable bonds is 12. The Labute approximate surface area is 139 Å². The van der Waals surface area contributed by atoms with Crippen LogP contribution in [0.5, 0.6) is 0 Å². The van der Waals surface area contributed by atoms with Crippen molar-refractivity contribution in [2.75, 3.05) is 13.2 Å². The van der Waals surface area contributed by atoms with Crippen LogP contribution in [-0.2, 0) is 9.47 Å². The molecule has 1 fully saturated rings. The number of hydrogen-bond donors (Lipinski definition) is 0. The van der Waals surface area contributed by atoms with Gasteiger partial charge in [0.2, 0.25) is 0 Å². The highest BCUT2D eigenvalue weighted by molar-refractivity contribution is 4.80. The van der Waals surface area contributed by atoms with E-state index in [1.54, 1.807) is 0 Å². The Morgan fingerprint density at radius 1 is 0.636 bits per heavy atom. The molecule has 0 unspecified atom stereocenters. The lowest BCUT2D eigenvalue weighted by atomic mass is 9.92. The van der Waals surface area contributed by atoms with Gasteiger partial charge in [-0.3, -0.25) is 0 Å². The predicted octanol–water partition coefficient (Wildman–Crippen LogP) is 6.48. The maximum atomic E-state index is 6.17. The molecule has 0 aromatic carbocycles. The normalized spacial score (nSPS) is 20.2. The average Bonchev–Trinajstić information content (AvgIpc) is 2.49. The van der Waals surface area contributed by atoms with Crippen molar-refractivity contribution in [1.82, 2.24) is 0 Å². The molecule has 2 heteroatoms. The van der Waals surface area contributed by atoms with Gasteiger partial charge in [0.1, 0.15) is 0 Å². The summed E-state index contributed by atoms with van der Waals surface area (Å²) in [5.74, 6) is -0.272. The van der Waals surface area contributed by atoms with Gasteiger partial charge in [-0.2, -0.15) is 0 Å². The molecule has 1 heterocycles. The molecule has 0 radical (unpaired) electrons. The molecule has 2 nitrogen and oxygen atoms in total. The van der Waals surface area contributed by atoms with Gasteiger partial charge in [0.25, 0.3) is 0 Å². The lowest BCUT2D eigenvalue weighted by Gasteiger charge is -2.43. The van der Waals surface area contributed by atoms with Gasteiger partial charge in [0.05, 0.1) is 13.2 Å². The van der Waals surface area contributed by atoms with Gasteiger partial charge >= 0.3 is 0 Å². The second kappa shape index (κ2) is 10.6. The molecular formula is C20H40O2. The third-order valence-corrected chi connectivity index (χ3v) is 4.74. The Kier molecular flexibility index (Phi) is 9.66. The summed E-state index contributed by atoms with van der Waals surface area (Å²) in [7, 11) is 0. The standard InChI is InChI=1S/C20H40O2/c1-5-7-8-9-10-11-12-13-14-16-20(15-6-2)21-17-19(3,4)18-22-20/h5-18H2,1-4H3.